The third-order valence-electron chi connectivity index (χ3n) is 5.49. The lowest BCUT2D eigenvalue weighted by Crippen LogP contribution is -2.55. The fourth-order valence-corrected chi connectivity index (χ4v) is 5.04. The van der Waals surface area contributed by atoms with Crippen LogP contribution in [0.5, 0.6) is 0 Å². The predicted octanol–water partition coefficient (Wildman–Crippen LogP) is 0.785. The Bertz CT molecular complexity index is 788. The minimum atomic E-state index is -3.02. The van der Waals surface area contributed by atoms with Gasteiger partial charge in [0.2, 0.25) is 11.8 Å². The van der Waals surface area contributed by atoms with Crippen LogP contribution in [0.4, 0.5) is 0 Å². The molecule has 2 heterocycles. The van der Waals surface area contributed by atoms with Crippen LogP contribution in [0.15, 0.2) is 30.3 Å². The quantitative estimate of drug-likeness (QED) is 0.737. The van der Waals surface area contributed by atoms with Gasteiger partial charge in [0.15, 0.2) is 9.84 Å². The smallest absolute Gasteiger partial charge is 0.244 e. The van der Waals surface area contributed by atoms with E-state index in [1.54, 1.807) is 0 Å². The molecule has 0 saturated carbocycles. The third kappa shape index (κ3) is 4.72. The Morgan fingerprint density at radius 3 is 1.82 bits per heavy atom. The molecule has 0 radical (unpaired) electrons. The Hall–Kier alpha value is -1.93. The Morgan fingerprint density at radius 1 is 0.821 bits per heavy atom. The summed E-state index contributed by atoms with van der Waals surface area (Å²) in [5.74, 6) is 0.227. The fraction of sp³-hybridized carbons (Fsp3) is 0.600. The molecule has 1 unspecified atom stereocenters. The third-order valence-corrected chi connectivity index (χ3v) is 7.10. The monoisotopic (exact) mass is 407 g/mol. The number of nitrogens with zero attached hydrogens (tertiary/aromatic N) is 3. The first-order valence-electron chi connectivity index (χ1n) is 9.85. The van der Waals surface area contributed by atoms with Crippen molar-refractivity contribution in [2.24, 2.45) is 5.92 Å². The van der Waals surface area contributed by atoms with Gasteiger partial charge >= 0.3 is 0 Å². The van der Waals surface area contributed by atoms with Gasteiger partial charge in [-0.15, -0.1) is 0 Å². The van der Waals surface area contributed by atoms with Crippen molar-refractivity contribution in [1.29, 1.82) is 0 Å². The van der Waals surface area contributed by atoms with Crippen LogP contribution in [0.25, 0.3) is 0 Å². The zero-order valence-electron chi connectivity index (χ0n) is 16.6. The lowest BCUT2D eigenvalue weighted by Gasteiger charge is -2.40. The van der Waals surface area contributed by atoms with Gasteiger partial charge in [-0.05, 0) is 5.56 Å². The van der Waals surface area contributed by atoms with E-state index in [4.69, 9.17) is 0 Å². The molecule has 0 aromatic heterocycles. The maximum atomic E-state index is 13.4. The summed E-state index contributed by atoms with van der Waals surface area (Å²) >= 11 is 0. The lowest BCUT2D eigenvalue weighted by atomic mass is 10.0. The second-order valence-corrected chi connectivity index (χ2v) is 10.1. The van der Waals surface area contributed by atoms with Crippen LogP contribution in [-0.4, -0.2) is 85.7 Å². The minimum Gasteiger partial charge on any atom is -0.339 e. The number of piperazine rings is 1. The van der Waals surface area contributed by atoms with E-state index in [1.165, 1.54) is 0 Å². The molecule has 2 saturated heterocycles. The van der Waals surface area contributed by atoms with E-state index in [0.717, 1.165) is 5.56 Å². The highest BCUT2D eigenvalue weighted by atomic mass is 32.2. The highest BCUT2D eigenvalue weighted by Crippen LogP contribution is 2.26. The van der Waals surface area contributed by atoms with E-state index in [0.29, 0.717) is 39.3 Å². The van der Waals surface area contributed by atoms with Gasteiger partial charge in [-0.3, -0.25) is 14.5 Å². The van der Waals surface area contributed by atoms with Gasteiger partial charge in [0, 0.05) is 45.2 Å². The van der Waals surface area contributed by atoms with Crippen molar-refractivity contribution in [2.75, 3.05) is 50.8 Å². The molecule has 28 heavy (non-hydrogen) atoms. The molecule has 2 amide bonds. The maximum absolute atomic E-state index is 13.4. The van der Waals surface area contributed by atoms with E-state index >= 15 is 0 Å². The number of hydrogen-bond acceptors (Lipinski definition) is 5. The van der Waals surface area contributed by atoms with Crippen molar-refractivity contribution >= 4 is 21.7 Å². The number of carbonyl (C=O) groups is 2. The largest absolute Gasteiger partial charge is 0.339 e. The summed E-state index contributed by atoms with van der Waals surface area (Å²) in [4.78, 5) is 31.2. The molecule has 1 atom stereocenters. The van der Waals surface area contributed by atoms with Gasteiger partial charge < -0.3 is 9.80 Å². The van der Waals surface area contributed by atoms with Crippen LogP contribution < -0.4 is 0 Å². The van der Waals surface area contributed by atoms with Gasteiger partial charge in [-0.25, -0.2) is 8.42 Å². The molecule has 2 aliphatic heterocycles. The molecule has 0 aliphatic carbocycles. The summed E-state index contributed by atoms with van der Waals surface area (Å²) in [6.45, 7) is 6.58. The second-order valence-electron chi connectivity index (χ2n) is 7.81. The molecule has 2 aliphatic rings. The number of amides is 2. The zero-order chi connectivity index (χ0) is 20.3. The summed E-state index contributed by atoms with van der Waals surface area (Å²) in [5, 5.41) is 0. The summed E-state index contributed by atoms with van der Waals surface area (Å²) in [6.07, 6.45) is 0. The van der Waals surface area contributed by atoms with E-state index in [-0.39, 0.29) is 29.2 Å². The molecular formula is C20H29N3O4S. The number of sulfone groups is 1. The van der Waals surface area contributed by atoms with E-state index < -0.39 is 15.9 Å². The van der Waals surface area contributed by atoms with Crippen LogP contribution in [-0.2, 0) is 19.4 Å². The summed E-state index contributed by atoms with van der Waals surface area (Å²) in [6, 6.07) is 9.06. The Labute approximate surface area is 167 Å². The summed E-state index contributed by atoms with van der Waals surface area (Å²) in [5.41, 5.74) is 0.882. The molecule has 2 fully saturated rings. The molecule has 3 rings (SSSR count). The Balaban J connectivity index is 1.74. The van der Waals surface area contributed by atoms with Crippen molar-refractivity contribution < 1.29 is 18.0 Å². The van der Waals surface area contributed by atoms with Crippen molar-refractivity contribution in [3.05, 3.63) is 35.9 Å². The SMILES string of the molecule is CC(C)C(=O)N1CCN(C(=O)C(c2ccccc2)N2CCS(=O)(=O)CC2)CC1. The van der Waals surface area contributed by atoms with Crippen molar-refractivity contribution in [3.8, 4) is 0 Å². The minimum absolute atomic E-state index is 0.0119. The summed E-state index contributed by atoms with van der Waals surface area (Å²) < 4.78 is 23.6. The topological polar surface area (TPSA) is 78.0 Å². The van der Waals surface area contributed by atoms with Crippen LogP contribution in [0.2, 0.25) is 0 Å². The molecular weight excluding hydrogens is 378 g/mol. The average molecular weight is 408 g/mol. The van der Waals surface area contributed by atoms with Crippen LogP contribution in [0, 0.1) is 5.92 Å². The molecule has 0 N–H and O–H groups in total. The number of benzene rings is 1. The standard InChI is InChI=1S/C20H29N3O4S/c1-16(2)19(24)22-8-10-23(11-9-22)20(25)18(17-6-4-3-5-7-17)21-12-14-28(26,27)15-13-21/h3-7,16,18H,8-15H2,1-2H3. The van der Waals surface area contributed by atoms with Crippen molar-refractivity contribution in [3.63, 3.8) is 0 Å². The molecule has 1 aromatic rings. The first-order chi connectivity index (χ1) is 13.3. The van der Waals surface area contributed by atoms with Crippen molar-refractivity contribution in [1.82, 2.24) is 14.7 Å². The van der Waals surface area contributed by atoms with Crippen molar-refractivity contribution in [2.45, 2.75) is 19.9 Å². The van der Waals surface area contributed by atoms with Crippen LogP contribution in [0.1, 0.15) is 25.5 Å². The molecule has 0 bridgehead atoms. The average Bonchev–Trinajstić information content (AvgIpc) is 2.69. The van der Waals surface area contributed by atoms with E-state index in [1.807, 2.05) is 58.9 Å². The van der Waals surface area contributed by atoms with Gasteiger partial charge in [-0.1, -0.05) is 44.2 Å². The van der Waals surface area contributed by atoms with Gasteiger partial charge in [0.25, 0.3) is 0 Å². The number of rotatable bonds is 4. The van der Waals surface area contributed by atoms with E-state index in [2.05, 4.69) is 0 Å². The van der Waals surface area contributed by atoms with Gasteiger partial charge in [0.1, 0.15) is 6.04 Å². The number of carbonyl (C=O) groups excluding carboxylic acids is 2. The fourth-order valence-electron chi connectivity index (χ4n) is 3.81. The molecule has 7 nitrogen and oxygen atoms in total. The lowest BCUT2D eigenvalue weighted by molar-refractivity contribution is -0.144. The van der Waals surface area contributed by atoms with Crippen LogP contribution in [0.3, 0.4) is 0 Å². The Morgan fingerprint density at radius 2 is 1.32 bits per heavy atom. The zero-order valence-corrected chi connectivity index (χ0v) is 17.4. The van der Waals surface area contributed by atoms with Gasteiger partial charge in [0.05, 0.1) is 11.5 Å². The first-order valence-corrected chi connectivity index (χ1v) is 11.7. The summed E-state index contributed by atoms with van der Waals surface area (Å²) in [7, 11) is -3.02. The van der Waals surface area contributed by atoms with Crippen LogP contribution >= 0.6 is 0 Å². The maximum Gasteiger partial charge on any atom is 0.244 e. The van der Waals surface area contributed by atoms with Gasteiger partial charge in [-0.2, -0.15) is 0 Å². The second kappa shape index (κ2) is 8.61. The predicted molar refractivity (Wildman–Crippen MR) is 107 cm³/mol. The normalized spacial score (nSPS) is 21.5. The highest BCUT2D eigenvalue weighted by Gasteiger charge is 2.36. The molecule has 154 valence electrons. The molecule has 8 heteroatoms. The highest BCUT2D eigenvalue weighted by molar-refractivity contribution is 7.91. The Kier molecular flexibility index (Phi) is 6.40. The molecule has 1 aromatic carbocycles. The first kappa shape index (κ1) is 20.8. The number of hydrogen-bond donors (Lipinski definition) is 0. The van der Waals surface area contributed by atoms with E-state index in [9.17, 15) is 18.0 Å². The molecule has 0 spiro atoms.